The molecule has 2 N–H and O–H groups in total. The van der Waals surface area contributed by atoms with E-state index in [1.54, 1.807) is 6.92 Å². The van der Waals surface area contributed by atoms with Gasteiger partial charge in [0.25, 0.3) is 5.91 Å². The third kappa shape index (κ3) is 4.70. The van der Waals surface area contributed by atoms with Crippen LogP contribution in [0, 0.1) is 12.8 Å². The smallest absolute Gasteiger partial charge is 0.256 e. The molecule has 1 amide bonds. The molecule has 1 atom stereocenters. The first-order valence-corrected chi connectivity index (χ1v) is 7.76. The Labute approximate surface area is 125 Å². The Morgan fingerprint density at radius 1 is 1.38 bits per heavy atom. The summed E-state index contributed by atoms with van der Waals surface area (Å²) >= 11 is 0. The maximum Gasteiger partial charge on any atom is 0.256 e. The van der Waals surface area contributed by atoms with Crippen LogP contribution in [0.2, 0.25) is 0 Å². The van der Waals surface area contributed by atoms with E-state index in [0.29, 0.717) is 12.5 Å². The van der Waals surface area contributed by atoms with Gasteiger partial charge in [-0.15, -0.1) is 0 Å². The average Bonchev–Trinajstić information content (AvgIpc) is 2.46. The van der Waals surface area contributed by atoms with E-state index in [0.717, 1.165) is 25.3 Å². The number of pyridine rings is 1. The first-order valence-electron chi connectivity index (χ1n) is 7.76. The minimum atomic E-state index is -0.290. The molecule has 1 aromatic rings. The van der Waals surface area contributed by atoms with Crippen LogP contribution < -0.4 is 10.7 Å². The van der Waals surface area contributed by atoms with E-state index in [1.165, 1.54) is 31.5 Å². The number of likely N-dealkylation sites (tertiary alicyclic amines) is 1. The summed E-state index contributed by atoms with van der Waals surface area (Å²) in [7, 11) is 0. The van der Waals surface area contributed by atoms with Gasteiger partial charge in [-0.05, 0) is 38.8 Å². The summed E-state index contributed by atoms with van der Waals surface area (Å²) in [4.78, 5) is 29.1. The number of carbonyl (C=O) groups excluding carboxylic acids is 1. The lowest BCUT2D eigenvalue weighted by Gasteiger charge is -2.29. The molecule has 1 fully saturated rings. The van der Waals surface area contributed by atoms with Crippen molar-refractivity contribution in [1.29, 1.82) is 0 Å². The molecular weight excluding hydrogens is 266 g/mol. The molecule has 21 heavy (non-hydrogen) atoms. The van der Waals surface area contributed by atoms with Gasteiger partial charge in [0.1, 0.15) is 5.56 Å². The SMILES string of the molecule is Cc1cc(=O)c(C(=O)NCC(C)CN2CCCCC2)c[nH]1. The minimum Gasteiger partial charge on any atom is -0.364 e. The molecule has 5 nitrogen and oxygen atoms in total. The molecule has 0 spiro atoms. The van der Waals surface area contributed by atoms with Crippen LogP contribution in [0.1, 0.15) is 42.2 Å². The molecule has 0 saturated carbocycles. The Morgan fingerprint density at radius 3 is 2.76 bits per heavy atom. The molecule has 116 valence electrons. The molecule has 1 aliphatic rings. The summed E-state index contributed by atoms with van der Waals surface area (Å²) < 4.78 is 0. The third-order valence-corrected chi connectivity index (χ3v) is 3.93. The van der Waals surface area contributed by atoms with E-state index in [2.05, 4.69) is 22.1 Å². The summed E-state index contributed by atoms with van der Waals surface area (Å²) in [6.07, 6.45) is 5.37. The number of hydrogen-bond acceptors (Lipinski definition) is 3. The summed E-state index contributed by atoms with van der Waals surface area (Å²) in [5.41, 5.74) is 0.716. The Kier molecular flexibility index (Phi) is 5.56. The molecule has 1 aliphatic heterocycles. The number of nitrogens with zero attached hydrogens (tertiary/aromatic N) is 1. The fourth-order valence-corrected chi connectivity index (χ4v) is 2.76. The Hall–Kier alpha value is -1.62. The predicted molar refractivity (Wildman–Crippen MR) is 83.6 cm³/mol. The van der Waals surface area contributed by atoms with Crippen molar-refractivity contribution in [3.63, 3.8) is 0 Å². The van der Waals surface area contributed by atoms with Crippen molar-refractivity contribution in [1.82, 2.24) is 15.2 Å². The fourth-order valence-electron chi connectivity index (χ4n) is 2.76. The van der Waals surface area contributed by atoms with Crippen molar-refractivity contribution in [2.24, 2.45) is 5.92 Å². The van der Waals surface area contributed by atoms with Gasteiger partial charge in [-0.3, -0.25) is 9.59 Å². The molecule has 0 bridgehead atoms. The second kappa shape index (κ2) is 7.41. The monoisotopic (exact) mass is 291 g/mol. The maximum absolute atomic E-state index is 12.0. The summed E-state index contributed by atoms with van der Waals surface area (Å²) in [5, 5.41) is 2.86. The summed E-state index contributed by atoms with van der Waals surface area (Å²) in [6, 6.07) is 1.45. The number of rotatable bonds is 5. The van der Waals surface area contributed by atoms with Crippen LogP contribution in [0.15, 0.2) is 17.1 Å². The number of amides is 1. The van der Waals surface area contributed by atoms with Gasteiger partial charge in [0.15, 0.2) is 5.43 Å². The van der Waals surface area contributed by atoms with Gasteiger partial charge in [0, 0.05) is 31.0 Å². The molecule has 0 aromatic carbocycles. The quantitative estimate of drug-likeness (QED) is 0.865. The third-order valence-electron chi connectivity index (χ3n) is 3.93. The number of aromatic nitrogens is 1. The van der Waals surface area contributed by atoms with Gasteiger partial charge in [-0.25, -0.2) is 0 Å². The van der Waals surface area contributed by atoms with Gasteiger partial charge in [0.2, 0.25) is 0 Å². The lowest BCUT2D eigenvalue weighted by atomic mass is 10.1. The lowest BCUT2D eigenvalue weighted by Crippen LogP contribution is -2.38. The number of aromatic amines is 1. The molecule has 0 radical (unpaired) electrons. The molecule has 1 unspecified atom stereocenters. The zero-order chi connectivity index (χ0) is 15.2. The predicted octanol–water partition coefficient (Wildman–Crippen LogP) is 1.54. The van der Waals surface area contributed by atoms with E-state index < -0.39 is 0 Å². The van der Waals surface area contributed by atoms with Crippen molar-refractivity contribution in [2.75, 3.05) is 26.2 Å². The average molecular weight is 291 g/mol. The maximum atomic E-state index is 12.0. The normalized spacial score (nSPS) is 17.4. The number of carbonyl (C=O) groups is 1. The van der Waals surface area contributed by atoms with E-state index >= 15 is 0 Å². The minimum absolute atomic E-state index is 0.186. The van der Waals surface area contributed by atoms with Crippen molar-refractivity contribution in [2.45, 2.75) is 33.1 Å². The van der Waals surface area contributed by atoms with Crippen molar-refractivity contribution in [3.05, 3.63) is 33.7 Å². The van der Waals surface area contributed by atoms with Gasteiger partial charge in [0.05, 0.1) is 0 Å². The van der Waals surface area contributed by atoms with Crippen LogP contribution in [0.4, 0.5) is 0 Å². The van der Waals surface area contributed by atoms with Crippen LogP contribution in [-0.2, 0) is 0 Å². The van der Waals surface area contributed by atoms with Crippen molar-refractivity contribution in [3.8, 4) is 0 Å². The molecule has 2 rings (SSSR count). The Morgan fingerprint density at radius 2 is 2.10 bits per heavy atom. The highest BCUT2D eigenvalue weighted by Crippen LogP contribution is 2.10. The first-order chi connectivity index (χ1) is 10.1. The topological polar surface area (TPSA) is 65.2 Å². The van der Waals surface area contributed by atoms with E-state index in [4.69, 9.17) is 0 Å². The lowest BCUT2D eigenvalue weighted by molar-refractivity contribution is 0.0941. The molecule has 1 saturated heterocycles. The zero-order valence-electron chi connectivity index (χ0n) is 12.9. The highest BCUT2D eigenvalue weighted by atomic mass is 16.2. The highest BCUT2D eigenvalue weighted by Gasteiger charge is 2.15. The number of H-pyrrole nitrogens is 1. The Bertz CT molecular complexity index is 533. The van der Waals surface area contributed by atoms with E-state index in [-0.39, 0.29) is 16.9 Å². The van der Waals surface area contributed by atoms with E-state index in [9.17, 15) is 9.59 Å². The van der Waals surface area contributed by atoms with Crippen LogP contribution in [0.25, 0.3) is 0 Å². The Balaban J connectivity index is 1.81. The standard InChI is InChI=1S/C16H25N3O2/c1-12(11-19-6-4-3-5-7-19)9-18-16(21)14-10-17-13(2)8-15(14)20/h8,10,12H,3-7,9,11H2,1-2H3,(H,17,20)(H,18,21). The largest absolute Gasteiger partial charge is 0.364 e. The van der Waals surface area contributed by atoms with Gasteiger partial charge in [-0.1, -0.05) is 13.3 Å². The van der Waals surface area contributed by atoms with Crippen LogP contribution in [-0.4, -0.2) is 42.0 Å². The summed E-state index contributed by atoms with van der Waals surface area (Å²) in [6.45, 7) is 7.86. The molecular formula is C16H25N3O2. The van der Waals surface area contributed by atoms with Crippen molar-refractivity contribution < 1.29 is 4.79 Å². The van der Waals surface area contributed by atoms with Crippen LogP contribution in [0.3, 0.4) is 0 Å². The molecule has 1 aromatic heterocycles. The number of nitrogens with one attached hydrogen (secondary N) is 2. The van der Waals surface area contributed by atoms with Crippen molar-refractivity contribution >= 4 is 5.91 Å². The molecule has 5 heteroatoms. The fraction of sp³-hybridized carbons (Fsp3) is 0.625. The highest BCUT2D eigenvalue weighted by molar-refractivity contribution is 5.93. The van der Waals surface area contributed by atoms with Crippen LogP contribution >= 0.6 is 0 Å². The van der Waals surface area contributed by atoms with Gasteiger partial charge >= 0.3 is 0 Å². The second-order valence-corrected chi connectivity index (χ2v) is 6.07. The van der Waals surface area contributed by atoms with Gasteiger partial charge in [-0.2, -0.15) is 0 Å². The number of aryl methyl sites for hydroxylation is 1. The van der Waals surface area contributed by atoms with Crippen LogP contribution in [0.5, 0.6) is 0 Å². The summed E-state index contributed by atoms with van der Waals surface area (Å²) in [5.74, 6) is 0.0957. The molecule has 2 heterocycles. The number of piperidine rings is 1. The molecule has 0 aliphatic carbocycles. The van der Waals surface area contributed by atoms with Gasteiger partial charge < -0.3 is 15.2 Å². The second-order valence-electron chi connectivity index (χ2n) is 6.07. The zero-order valence-corrected chi connectivity index (χ0v) is 12.9. The van der Waals surface area contributed by atoms with E-state index in [1.807, 2.05) is 0 Å². The first kappa shape index (κ1) is 15.8. The number of hydrogen-bond donors (Lipinski definition) is 2.